The second-order valence-electron chi connectivity index (χ2n) is 5.46. The molecule has 1 heterocycles. The van der Waals surface area contributed by atoms with E-state index in [9.17, 15) is 0 Å². The van der Waals surface area contributed by atoms with Crippen molar-refractivity contribution in [2.75, 3.05) is 6.54 Å². The summed E-state index contributed by atoms with van der Waals surface area (Å²) in [6, 6.07) is 8.87. The van der Waals surface area contributed by atoms with Crippen molar-refractivity contribution in [2.45, 2.75) is 39.8 Å². The molecule has 0 fully saturated rings. The van der Waals surface area contributed by atoms with Crippen LogP contribution in [-0.2, 0) is 20.0 Å². The van der Waals surface area contributed by atoms with Crippen LogP contribution >= 0.6 is 24.0 Å². The van der Waals surface area contributed by atoms with Crippen LogP contribution in [0.1, 0.15) is 43.8 Å². The lowest BCUT2D eigenvalue weighted by Crippen LogP contribution is -2.38. The van der Waals surface area contributed by atoms with Crippen molar-refractivity contribution in [3.8, 4) is 0 Å². The number of benzene rings is 1. The van der Waals surface area contributed by atoms with Crippen LogP contribution in [0, 0.1) is 0 Å². The van der Waals surface area contributed by atoms with Gasteiger partial charge in [-0.15, -0.1) is 24.0 Å². The molecular weight excluding hydrogens is 415 g/mol. The van der Waals surface area contributed by atoms with Crippen LogP contribution in [0.3, 0.4) is 0 Å². The summed E-state index contributed by atoms with van der Waals surface area (Å²) in [5.74, 6) is 1.62. The molecule has 0 amide bonds. The summed E-state index contributed by atoms with van der Waals surface area (Å²) in [5, 5.41) is 10.8. The molecule has 0 saturated heterocycles. The van der Waals surface area contributed by atoms with Gasteiger partial charge in [-0.25, -0.2) is 9.98 Å². The molecule has 1 aromatic heterocycles. The van der Waals surface area contributed by atoms with Crippen LogP contribution in [0.5, 0.6) is 0 Å². The maximum atomic E-state index is 4.59. The Bertz CT molecular complexity index is 635. The number of halogens is 1. The zero-order chi connectivity index (χ0) is 16.7. The molecule has 24 heavy (non-hydrogen) atoms. The quantitative estimate of drug-likeness (QED) is 0.410. The molecule has 1 unspecified atom stereocenters. The van der Waals surface area contributed by atoms with Crippen molar-refractivity contribution in [3.05, 3.63) is 47.5 Å². The van der Waals surface area contributed by atoms with E-state index in [1.54, 1.807) is 11.0 Å². The molecule has 1 aromatic carbocycles. The maximum Gasteiger partial charge on any atom is 0.192 e. The molecule has 0 aliphatic heterocycles. The van der Waals surface area contributed by atoms with Gasteiger partial charge < -0.3 is 10.6 Å². The Morgan fingerprint density at radius 2 is 1.96 bits per heavy atom. The molecule has 6 nitrogen and oxygen atoms in total. The van der Waals surface area contributed by atoms with Gasteiger partial charge in [0, 0.05) is 13.6 Å². The first-order valence-corrected chi connectivity index (χ1v) is 8.10. The van der Waals surface area contributed by atoms with Gasteiger partial charge in [0.2, 0.25) is 0 Å². The fourth-order valence-corrected chi connectivity index (χ4v) is 2.26. The van der Waals surface area contributed by atoms with Crippen molar-refractivity contribution in [3.63, 3.8) is 0 Å². The number of nitrogens with one attached hydrogen (secondary N) is 2. The standard InChI is InChI=1S/C17H26N6.HI/c1-5-14-7-9-15(10-8-14)13(3)22-17(18-6-2)19-11-16-20-12-21-23(16)4;/h7-10,12-13H,5-6,11H2,1-4H3,(H2,18,19,22);1H. The summed E-state index contributed by atoms with van der Waals surface area (Å²) in [5.41, 5.74) is 2.59. The summed E-state index contributed by atoms with van der Waals surface area (Å²) in [7, 11) is 1.87. The third-order valence-electron chi connectivity index (χ3n) is 3.77. The van der Waals surface area contributed by atoms with Crippen molar-refractivity contribution >= 4 is 29.9 Å². The first-order valence-electron chi connectivity index (χ1n) is 8.10. The lowest BCUT2D eigenvalue weighted by atomic mass is 10.1. The Labute approximate surface area is 161 Å². The van der Waals surface area contributed by atoms with E-state index in [-0.39, 0.29) is 30.0 Å². The summed E-state index contributed by atoms with van der Waals surface area (Å²) in [6.45, 7) is 7.66. The minimum atomic E-state index is 0. The number of hydrogen-bond acceptors (Lipinski definition) is 3. The molecule has 2 N–H and O–H groups in total. The van der Waals surface area contributed by atoms with Gasteiger partial charge in [-0.3, -0.25) is 4.68 Å². The Morgan fingerprint density at radius 1 is 1.25 bits per heavy atom. The Morgan fingerprint density at radius 3 is 2.50 bits per heavy atom. The minimum absolute atomic E-state index is 0. The Kier molecular flexibility index (Phi) is 8.73. The summed E-state index contributed by atoms with van der Waals surface area (Å²) >= 11 is 0. The molecule has 7 heteroatoms. The molecule has 0 aliphatic rings. The smallest absolute Gasteiger partial charge is 0.192 e. The third-order valence-corrected chi connectivity index (χ3v) is 3.77. The van der Waals surface area contributed by atoms with Gasteiger partial charge in [0.1, 0.15) is 18.7 Å². The first kappa shape index (κ1) is 20.4. The summed E-state index contributed by atoms with van der Waals surface area (Å²) < 4.78 is 1.74. The number of aryl methyl sites for hydroxylation is 2. The van der Waals surface area contributed by atoms with Gasteiger partial charge in [-0.2, -0.15) is 5.10 Å². The average molecular weight is 442 g/mol. The zero-order valence-electron chi connectivity index (χ0n) is 14.8. The predicted molar refractivity (Wildman–Crippen MR) is 109 cm³/mol. The van der Waals surface area contributed by atoms with Gasteiger partial charge >= 0.3 is 0 Å². The lowest BCUT2D eigenvalue weighted by molar-refractivity contribution is 0.672. The Hall–Kier alpha value is -1.64. The van der Waals surface area contributed by atoms with Crippen LogP contribution in [0.4, 0.5) is 0 Å². The predicted octanol–water partition coefficient (Wildman–Crippen LogP) is 2.81. The fourth-order valence-electron chi connectivity index (χ4n) is 2.26. The molecule has 0 spiro atoms. The number of guanidine groups is 1. The van der Waals surface area contributed by atoms with Crippen molar-refractivity contribution in [1.29, 1.82) is 0 Å². The molecule has 0 radical (unpaired) electrons. The summed E-state index contributed by atoms with van der Waals surface area (Å²) in [4.78, 5) is 8.78. The number of aliphatic imine (C=N–C) groups is 1. The molecule has 1 atom stereocenters. The first-order chi connectivity index (χ1) is 11.1. The largest absolute Gasteiger partial charge is 0.357 e. The van der Waals surface area contributed by atoms with Crippen LogP contribution in [0.15, 0.2) is 35.6 Å². The van der Waals surface area contributed by atoms with Gasteiger partial charge in [0.25, 0.3) is 0 Å². The fraction of sp³-hybridized carbons (Fsp3) is 0.471. The normalized spacial score (nSPS) is 12.4. The van der Waals surface area contributed by atoms with E-state index < -0.39 is 0 Å². The van der Waals surface area contributed by atoms with E-state index in [2.05, 4.69) is 70.7 Å². The number of rotatable bonds is 6. The molecule has 0 bridgehead atoms. The molecule has 0 aliphatic carbocycles. The van der Waals surface area contributed by atoms with E-state index in [0.29, 0.717) is 6.54 Å². The highest BCUT2D eigenvalue weighted by Crippen LogP contribution is 2.13. The average Bonchev–Trinajstić information content (AvgIpc) is 2.98. The van der Waals surface area contributed by atoms with Crippen molar-refractivity contribution in [1.82, 2.24) is 25.4 Å². The van der Waals surface area contributed by atoms with Crippen molar-refractivity contribution in [2.24, 2.45) is 12.0 Å². The monoisotopic (exact) mass is 442 g/mol. The van der Waals surface area contributed by atoms with Crippen LogP contribution in [-0.4, -0.2) is 27.3 Å². The third kappa shape index (κ3) is 5.77. The van der Waals surface area contributed by atoms with Gasteiger partial charge in [-0.1, -0.05) is 31.2 Å². The highest BCUT2D eigenvalue weighted by molar-refractivity contribution is 14.0. The van der Waals surface area contributed by atoms with Gasteiger partial charge in [0.15, 0.2) is 5.96 Å². The second kappa shape index (κ2) is 10.3. The molecule has 2 rings (SSSR count). The number of hydrogen-bond donors (Lipinski definition) is 2. The molecular formula is C17H27IN6. The minimum Gasteiger partial charge on any atom is -0.357 e. The van der Waals surface area contributed by atoms with E-state index in [4.69, 9.17) is 0 Å². The van der Waals surface area contributed by atoms with Gasteiger partial charge in [-0.05, 0) is 31.4 Å². The molecule has 0 saturated carbocycles. The van der Waals surface area contributed by atoms with Crippen molar-refractivity contribution < 1.29 is 0 Å². The number of nitrogens with zero attached hydrogens (tertiary/aromatic N) is 4. The summed E-state index contributed by atoms with van der Waals surface area (Å²) in [6.07, 6.45) is 2.60. The second-order valence-corrected chi connectivity index (χ2v) is 5.46. The van der Waals surface area contributed by atoms with Crippen LogP contribution in [0.2, 0.25) is 0 Å². The SMILES string of the molecule is CCNC(=NCc1ncnn1C)NC(C)c1ccc(CC)cc1.I. The van der Waals surface area contributed by atoms with E-state index in [1.807, 2.05) is 7.05 Å². The molecule has 132 valence electrons. The van der Waals surface area contributed by atoms with E-state index in [0.717, 1.165) is 24.7 Å². The topological polar surface area (TPSA) is 67.1 Å². The van der Waals surface area contributed by atoms with Crippen LogP contribution in [0.25, 0.3) is 0 Å². The highest BCUT2D eigenvalue weighted by atomic mass is 127. The number of aromatic nitrogens is 3. The zero-order valence-corrected chi connectivity index (χ0v) is 17.1. The molecule has 2 aromatic rings. The van der Waals surface area contributed by atoms with E-state index >= 15 is 0 Å². The lowest BCUT2D eigenvalue weighted by Gasteiger charge is -2.18. The Balaban J connectivity index is 0.00000288. The van der Waals surface area contributed by atoms with E-state index in [1.165, 1.54) is 11.1 Å². The van der Waals surface area contributed by atoms with Gasteiger partial charge in [0.05, 0.1) is 6.04 Å². The highest BCUT2D eigenvalue weighted by Gasteiger charge is 2.08. The maximum absolute atomic E-state index is 4.59. The van der Waals surface area contributed by atoms with Crippen LogP contribution < -0.4 is 10.6 Å².